The monoisotopic (exact) mass is 469 g/mol. The van der Waals surface area contributed by atoms with Gasteiger partial charge in [-0.2, -0.15) is 0 Å². The zero-order valence-electron chi connectivity index (χ0n) is 18.8. The SMILES string of the molecule is O=CCc1c(OCc2ccccc2)cc(OCc2ccccc2)cc1Oc1ccc([N+](=O)[O-])cc1. The Labute approximate surface area is 202 Å². The van der Waals surface area contributed by atoms with Gasteiger partial charge in [-0.15, -0.1) is 0 Å². The summed E-state index contributed by atoms with van der Waals surface area (Å²) in [6, 6.07) is 28.6. The van der Waals surface area contributed by atoms with Crippen LogP contribution in [0.15, 0.2) is 97.1 Å². The molecule has 4 aromatic rings. The fraction of sp³-hybridized carbons (Fsp3) is 0.107. The van der Waals surface area contributed by atoms with Gasteiger partial charge in [-0.25, -0.2) is 0 Å². The predicted octanol–water partition coefficient (Wildman–Crippen LogP) is 6.29. The summed E-state index contributed by atoms with van der Waals surface area (Å²) in [4.78, 5) is 22.0. The fourth-order valence-corrected chi connectivity index (χ4v) is 3.42. The van der Waals surface area contributed by atoms with E-state index in [9.17, 15) is 14.9 Å². The van der Waals surface area contributed by atoms with Crippen LogP contribution in [0, 0.1) is 10.1 Å². The topological polar surface area (TPSA) is 87.9 Å². The lowest BCUT2D eigenvalue weighted by Gasteiger charge is -2.18. The van der Waals surface area contributed by atoms with Gasteiger partial charge in [-0.3, -0.25) is 10.1 Å². The molecule has 4 rings (SSSR count). The third-order valence-electron chi connectivity index (χ3n) is 5.19. The van der Waals surface area contributed by atoms with Crippen molar-refractivity contribution in [2.75, 3.05) is 0 Å². The van der Waals surface area contributed by atoms with Gasteiger partial charge in [0.2, 0.25) is 0 Å². The summed E-state index contributed by atoms with van der Waals surface area (Å²) in [6.45, 7) is 0.634. The minimum Gasteiger partial charge on any atom is -0.489 e. The van der Waals surface area contributed by atoms with Gasteiger partial charge in [-0.05, 0) is 23.3 Å². The molecule has 0 aliphatic heterocycles. The average molecular weight is 469 g/mol. The van der Waals surface area contributed by atoms with Crippen LogP contribution in [0.3, 0.4) is 0 Å². The first-order valence-electron chi connectivity index (χ1n) is 11.0. The van der Waals surface area contributed by atoms with Crippen LogP contribution in [0.5, 0.6) is 23.0 Å². The van der Waals surface area contributed by atoms with Crippen molar-refractivity contribution in [2.45, 2.75) is 19.6 Å². The highest BCUT2D eigenvalue weighted by molar-refractivity contribution is 5.63. The van der Waals surface area contributed by atoms with E-state index in [1.807, 2.05) is 60.7 Å². The lowest BCUT2D eigenvalue weighted by molar-refractivity contribution is -0.384. The maximum Gasteiger partial charge on any atom is 0.269 e. The molecule has 7 heteroatoms. The molecule has 0 saturated carbocycles. The van der Waals surface area contributed by atoms with E-state index in [4.69, 9.17) is 14.2 Å². The molecule has 4 aromatic carbocycles. The smallest absolute Gasteiger partial charge is 0.269 e. The van der Waals surface area contributed by atoms with Crippen molar-refractivity contribution in [2.24, 2.45) is 0 Å². The molecule has 0 bridgehead atoms. The van der Waals surface area contributed by atoms with Crippen molar-refractivity contribution in [1.82, 2.24) is 0 Å². The zero-order chi connectivity index (χ0) is 24.5. The first-order chi connectivity index (χ1) is 17.1. The van der Waals surface area contributed by atoms with Crippen LogP contribution in [-0.2, 0) is 24.4 Å². The van der Waals surface area contributed by atoms with Crippen LogP contribution >= 0.6 is 0 Å². The minimum atomic E-state index is -0.477. The number of hydrogen-bond acceptors (Lipinski definition) is 6. The minimum absolute atomic E-state index is 0.0442. The molecular weight excluding hydrogens is 446 g/mol. The van der Waals surface area contributed by atoms with E-state index in [2.05, 4.69) is 0 Å². The number of benzene rings is 4. The number of non-ortho nitro benzene ring substituents is 1. The first-order valence-corrected chi connectivity index (χ1v) is 11.0. The Kier molecular flexibility index (Phi) is 7.70. The van der Waals surface area contributed by atoms with E-state index in [0.717, 1.165) is 17.4 Å². The summed E-state index contributed by atoms with van der Waals surface area (Å²) in [5.74, 6) is 1.73. The van der Waals surface area contributed by atoms with Crippen molar-refractivity contribution in [3.05, 3.63) is 124 Å². The van der Waals surface area contributed by atoms with Crippen LogP contribution in [0.4, 0.5) is 5.69 Å². The van der Waals surface area contributed by atoms with Gasteiger partial charge in [0.05, 0.1) is 4.92 Å². The molecule has 0 aliphatic carbocycles. The molecule has 0 atom stereocenters. The Balaban J connectivity index is 1.66. The van der Waals surface area contributed by atoms with Crippen molar-refractivity contribution in [3.8, 4) is 23.0 Å². The highest BCUT2D eigenvalue weighted by atomic mass is 16.6. The second-order valence-corrected chi connectivity index (χ2v) is 7.67. The molecular formula is C28H23NO6. The molecule has 0 aliphatic rings. The largest absolute Gasteiger partial charge is 0.489 e. The van der Waals surface area contributed by atoms with E-state index in [0.29, 0.717) is 41.8 Å². The van der Waals surface area contributed by atoms with Gasteiger partial charge in [-0.1, -0.05) is 60.7 Å². The number of nitro benzene ring substituents is 1. The summed E-state index contributed by atoms with van der Waals surface area (Å²) in [5.41, 5.74) is 2.48. The number of nitro groups is 1. The molecule has 0 unspecified atom stereocenters. The molecule has 176 valence electrons. The Morgan fingerprint density at radius 1 is 0.714 bits per heavy atom. The predicted molar refractivity (Wildman–Crippen MR) is 131 cm³/mol. The Morgan fingerprint density at radius 2 is 1.29 bits per heavy atom. The van der Waals surface area contributed by atoms with E-state index in [1.165, 1.54) is 24.3 Å². The first kappa shape index (κ1) is 23.5. The summed E-state index contributed by atoms with van der Waals surface area (Å²) in [6.07, 6.45) is 0.837. The third-order valence-corrected chi connectivity index (χ3v) is 5.19. The van der Waals surface area contributed by atoms with Crippen molar-refractivity contribution >= 4 is 12.0 Å². The van der Waals surface area contributed by atoms with E-state index in [1.54, 1.807) is 12.1 Å². The molecule has 35 heavy (non-hydrogen) atoms. The molecule has 0 radical (unpaired) electrons. The quantitative estimate of drug-likeness (QED) is 0.146. The van der Waals surface area contributed by atoms with Crippen molar-refractivity contribution in [3.63, 3.8) is 0 Å². The highest BCUT2D eigenvalue weighted by Gasteiger charge is 2.16. The Morgan fingerprint density at radius 3 is 1.86 bits per heavy atom. The number of aldehydes is 1. The van der Waals surface area contributed by atoms with Gasteiger partial charge in [0.15, 0.2) is 0 Å². The number of nitrogens with zero attached hydrogens (tertiary/aromatic N) is 1. The summed E-state index contributed by atoms with van der Waals surface area (Å²) in [5, 5.41) is 11.0. The van der Waals surface area contributed by atoms with Gasteiger partial charge < -0.3 is 19.0 Å². The van der Waals surface area contributed by atoms with Gasteiger partial charge in [0.1, 0.15) is 42.5 Å². The second kappa shape index (κ2) is 11.5. The normalized spacial score (nSPS) is 10.4. The van der Waals surface area contributed by atoms with Gasteiger partial charge >= 0.3 is 0 Å². The molecule has 0 amide bonds. The van der Waals surface area contributed by atoms with Gasteiger partial charge in [0, 0.05) is 36.2 Å². The molecule has 0 spiro atoms. The lowest BCUT2D eigenvalue weighted by atomic mass is 10.1. The van der Waals surface area contributed by atoms with Crippen molar-refractivity contribution in [1.29, 1.82) is 0 Å². The van der Waals surface area contributed by atoms with E-state index in [-0.39, 0.29) is 12.1 Å². The Hall–Kier alpha value is -4.65. The molecule has 0 saturated heterocycles. The van der Waals surface area contributed by atoms with E-state index >= 15 is 0 Å². The summed E-state index contributed by atoms with van der Waals surface area (Å²) in [7, 11) is 0. The van der Waals surface area contributed by atoms with Crippen LogP contribution in [0.1, 0.15) is 16.7 Å². The van der Waals surface area contributed by atoms with Crippen LogP contribution < -0.4 is 14.2 Å². The lowest BCUT2D eigenvalue weighted by Crippen LogP contribution is -2.03. The standard InChI is InChI=1S/C28H23NO6/c30-16-15-26-27(34-20-22-9-5-2-6-10-22)17-25(33-19-21-7-3-1-4-8-21)18-28(26)35-24-13-11-23(12-14-24)29(31)32/h1-14,16-18H,15,19-20H2. The maximum atomic E-state index is 11.5. The van der Waals surface area contributed by atoms with Crippen LogP contribution in [0.25, 0.3) is 0 Å². The zero-order valence-corrected chi connectivity index (χ0v) is 18.8. The molecule has 0 N–H and O–H groups in total. The highest BCUT2D eigenvalue weighted by Crippen LogP contribution is 2.38. The molecule has 7 nitrogen and oxygen atoms in total. The fourth-order valence-electron chi connectivity index (χ4n) is 3.42. The number of rotatable bonds is 11. The number of ether oxygens (including phenoxy) is 3. The molecule has 0 fully saturated rings. The number of carbonyl (C=O) groups excluding carboxylic acids is 1. The van der Waals surface area contributed by atoms with Crippen LogP contribution in [-0.4, -0.2) is 11.2 Å². The molecule has 0 heterocycles. The summed E-state index contributed by atoms with van der Waals surface area (Å²) < 4.78 is 18.1. The maximum absolute atomic E-state index is 11.5. The Bertz CT molecular complexity index is 1270. The number of hydrogen-bond donors (Lipinski definition) is 0. The van der Waals surface area contributed by atoms with E-state index < -0.39 is 4.92 Å². The number of carbonyl (C=O) groups is 1. The van der Waals surface area contributed by atoms with Crippen LogP contribution in [0.2, 0.25) is 0 Å². The third kappa shape index (κ3) is 6.45. The molecule has 0 aromatic heterocycles. The average Bonchev–Trinajstić information content (AvgIpc) is 2.89. The van der Waals surface area contributed by atoms with Gasteiger partial charge in [0.25, 0.3) is 5.69 Å². The summed E-state index contributed by atoms with van der Waals surface area (Å²) >= 11 is 0. The van der Waals surface area contributed by atoms with Crippen molar-refractivity contribution < 1.29 is 23.9 Å². The second-order valence-electron chi connectivity index (χ2n) is 7.67.